The number of imidazole rings is 1. The molecule has 2 aliphatic heterocycles. The molecule has 45 heavy (non-hydrogen) atoms. The topological polar surface area (TPSA) is 227 Å². The number of carbonyl (C=O) groups is 3. The number of halogens is 1. The van der Waals surface area contributed by atoms with Crippen LogP contribution in [0.3, 0.4) is 0 Å². The number of oxime groups is 1. The minimum Gasteiger partial charge on any atom is -0.543 e. The Kier molecular flexibility index (Phi) is 7.98. The zero-order valence-corrected chi connectivity index (χ0v) is 25.6. The number of carbonyl (C=O) groups excluding carboxylic acids is 3. The smallest absolute Gasteiger partial charge is 0.307 e. The van der Waals surface area contributed by atoms with E-state index in [1.165, 1.54) is 16.7 Å². The third kappa shape index (κ3) is 5.60. The number of aliphatic imine (C=N–C) groups is 1. The summed E-state index contributed by atoms with van der Waals surface area (Å²) in [6.45, 7) is 0.757. The Labute approximate surface area is 267 Å². The van der Waals surface area contributed by atoms with E-state index in [4.69, 9.17) is 28.8 Å². The van der Waals surface area contributed by atoms with Crippen LogP contribution in [-0.4, -0.2) is 64.7 Å². The number of Topliss-reactive ketones (excluding diaryl/α,β-unsaturated/α-hetero) is 1. The molecular formula is C27H25ClN10O5S2. The van der Waals surface area contributed by atoms with Gasteiger partial charge in [0.1, 0.15) is 22.8 Å². The number of nitrogens with two attached hydrogens (primary N) is 3. The first-order valence-electron chi connectivity index (χ1n) is 13.4. The molecule has 6 rings (SSSR count). The quantitative estimate of drug-likeness (QED) is 0.0443. The molecule has 1 aromatic carbocycles. The molecule has 0 aliphatic carbocycles. The molecule has 1 fully saturated rings. The SMILES string of the molecule is NC(N)=Nc1ccc(C[n+]2ccn3c2ccn3CC2=C(C(=O)[O-])N3C(=O)[C@@H](CC(=O)/C(=N\O)c4nc(N)sc4Cl)[C@H]3SC2)cc1. The Morgan fingerprint density at radius 2 is 1.96 bits per heavy atom. The first kappa shape index (κ1) is 30.2. The second-order valence-corrected chi connectivity index (χ2v) is 13.0. The summed E-state index contributed by atoms with van der Waals surface area (Å²) in [6.07, 6.45) is 5.28. The normalized spacial score (nSPS) is 18.2. The molecular weight excluding hydrogens is 644 g/mol. The van der Waals surface area contributed by atoms with Gasteiger partial charge in [-0.3, -0.25) is 14.5 Å². The molecule has 15 nitrogen and oxygen atoms in total. The summed E-state index contributed by atoms with van der Waals surface area (Å²) in [5.41, 5.74) is 18.8. The van der Waals surface area contributed by atoms with E-state index in [1.54, 1.807) is 0 Å². The molecule has 1 amide bonds. The number of aromatic nitrogens is 4. The Hall–Kier alpha value is -4.87. The Morgan fingerprint density at radius 3 is 2.60 bits per heavy atom. The number of nitrogens with zero attached hydrogens (tertiary/aromatic N) is 7. The first-order valence-corrected chi connectivity index (χ1v) is 15.6. The summed E-state index contributed by atoms with van der Waals surface area (Å²) < 4.78 is 5.82. The fraction of sp³-hybridized carbons (Fsp3) is 0.222. The van der Waals surface area contributed by atoms with Crippen molar-refractivity contribution in [3.8, 4) is 0 Å². The van der Waals surface area contributed by atoms with Gasteiger partial charge in [-0.25, -0.2) is 19.2 Å². The van der Waals surface area contributed by atoms with Gasteiger partial charge in [0.25, 0.3) is 0 Å². The van der Waals surface area contributed by atoms with Crippen LogP contribution in [0, 0.1) is 5.92 Å². The zero-order valence-electron chi connectivity index (χ0n) is 23.2. The molecule has 2 atom stereocenters. The van der Waals surface area contributed by atoms with Gasteiger partial charge in [-0.05, 0) is 23.3 Å². The van der Waals surface area contributed by atoms with E-state index in [0.29, 0.717) is 23.6 Å². The molecule has 3 aromatic heterocycles. The Morgan fingerprint density at radius 1 is 1.20 bits per heavy atom. The number of guanidine groups is 1. The van der Waals surface area contributed by atoms with Crippen molar-refractivity contribution in [2.75, 3.05) is 11.5 Å². The molecule has 0 saturated carbocycles. The van der Waals surface area contributed by atoms with E-state index in [0.717, 1.165) is 22.5 Å². The van der Waals surface area contributed by atoms with Crippen LogP contribution in [0.5, 0.6) is 0 Å². The van der Waals surface area contributed by atoms with Crippen molar-refractivity contribution in [2.45, 2.75) is 24.9 Å². The van der Waals surface area contributed by atoms with Crippen LogP contribution < -0.4 is 26.9 Å². The minimum absolute atomic E-state index is 0.0175. The fourth-order valence-corrected chi connectivity index (χ4v) is 7.78. The standard InChI is InChI=1S/C27H25ClN10O5S2/c28-22-20(33-27(31)45-22)19(34-43)17(39)9-16-23(40)38-21(25(41)42)14(12-44-24(16)38)11-36-6-5-18-35(7-8-37(18)36)10-13-1-3-15(4-2-13)32-26(29)30/h1-8,16,24H,9-12H2,(H7-,29,30,31,32,33,39,41,42,43)/t16-,24-/m1/s1. The fourth-order valence-electron chi connectivity index (χ4n) is 5.44. The largest absolute Gasteiger partial charge is 0.543 e. The molecule has 5 heterocycles. The van der Waals surface area contributed by atoms with Gasteiger partial charge in [-0.15, -0.1) is 16.3 Å². The van der Waals surface area contributed by atoms with Gasteiger partial charge in [0.05, 0.1) is 47.5 Å². The number of β-lactam (4-membered cyclic amide) rings is 1. The number of carboxylic acids is 1. The lowest BCUT2D eigenvalue weighted by Crippen LogP contribution is -2.63. The average molecular weight is 669 g/mol. The van der Waals surface area contributed by atoms with Crippen molar-refractivity contribution in [1.82, 2.24) is 19.1 Å². The lowest BCUT2D eigenvalue weighted by molar-refractivity contribution is -0.661. The molecule has 0 bridgehead atoms. The van der Waals surface area contributed by atoms with E-state index in [-0.39, 0.29) is 39.8 Å². The monoisotopic (exact) mass is 668 g/mol. The van der Waals surface area contributed by atoms with Crippen molar-refractivity contribution < 1.29 is 29.3 Å². The minimum atomic E-state index is -1.48. The van der Waals surface area contributed by atoms with Crippen molar-refractivity contribution in [3.05, 3.63) is 75.8 Å². The molecule has 7 N–H and O–H groups in total. The third-order valence-electron chi connectivity index (χ3n) is 7.44. The summed E-state index contributed by atoms with van der Waals surface area (Å²) in [5, 5.41) is 24.3. The number of hydrogen-bond donors (Lipinski definition) is 4. The van der Waals surface area contributed by atoms with Gasteiger partial charge in [0.2, 0.25) is 5.91 Å². The number of amides is 1. The third-order valence-corrected chi connectivity index (χ3v) is 9.92. The molecule has 0 radical (unpaired) electrons. The summed E-state index contributed by atoms with van der Waals surface area (Å²) in [7, 11) is 0. The number of thiazole rings is 1. The van der Waals surface area contributed by atoms with Crippen LogP contribution in [0.4, 0.5) is 10.8 Å². The van der Waals surface area contributed by atoms with Gasteiger partial charge in [0, 0.05) is 12.2 Å². The number of hydrogen-bond acceptors (Lipinski definition) is 11. The number of aliphatic carboxylic acids is 1. The van der Waals surface area contributed by atoms with Crippen molar-refractivity contribution in [1.29, 1.82) is 0 Å². The Bertz CT molecular complexity index is 1940. The highest BCUT2D eigenvalue weighted by Gasteiger charge is 2.53. The average Bonchev–Trinajstić information content (AvgIpc) is 3.68. The van der Waals surface area contributed by atoms with E-state index >= 15 is 0 Å². The maximum atomic E-state index is 13.2. The molecule has 4 aromatic rings. The van der Waals surface area contributed by atoms with Crippen molar-refractivity contribution in [2.24, 2.45) is 27.5 Å². The molecule has 0 unspecified atom stereocenters. The van der Waals surface area contributed by atoms with Gasteiger partial charge in [-0.2, -0.15) is 0 Å². The lowest BCUT2D eigenvalue weighted by atomic mass is 9.89. The number of ketones is 1. The highest BCUT2D eigenvalue weighted by atomic mass is 35.5. The van der Waals surface area contributed by atoms with Crippen LogP contribution in [-0.2, 0) is 27.5 Å². The van der Waals surface area contributed by atoms with Gasteiger partial charge in [0.15, 0.2) is 28.8 Å². The number of fused-ring (bicyclic) bond motifs is 2. The number of nitrogen functional groups attached to an aromatic ring is 1. The predicted octanol–water partition coefficient (Wildman–Crippen LogP) is 0.0466. The summed E-state index contributed by atoms with van der Waals surface area (Å²) in [4.78, 5) is 47.6. The van der Waals surface area contributed by atoms with E-state index < -0.39 is 34.7 Å². The second-order valence-electron chi connectivity index (χ2n) is 10.3. The summed E-state index contributed by atoms with van der Waals surface area (Å²) >= 11 is 8.32. The Balaban J connectivity index is 1.18. The van der Waals surface area contributed by atoms with Crippen molar-refractivity contribution in [3.63, 3.8) is 0 Å². The number of rotatable bonds is 10. The van der Waals surface area contributed by atoms with Crippen LogP contribution in [0.25, 0.3) is 5.65 Å². The summed E-state index contributed by atoms with van der Waals surface area (Å²) in [6, 6.07) is 9.40. The second kappa shape index (κ2) is 11.9. The maximum Gasteiger partial charge on any atom is 0.307 e. The molecule has 2 aliphatic rings. The number of anilines is 1. The summed E-state index contributed by atoms with van der Waals surface area (Å²) in [5.74, 6) is -3.25. The van der Waals surface area contributed by atoms with Gasteiger partial charge in [-0.1, -0.05) is 40.2 Å². The van der Waals surface area contributed by atoms with Crippen LogP contribution in [0.1, 0.15) is 17.7 Å². The first-order chi connectivity index (χ1) is 21.5. The molecule has 232 valence electrons. The van der Waals surface area contributed by atoms with Crippen molar-refractivity contribution >= 4 is 80.5 Å². The van der Waals surface area contributed by atoms with Crippen LogP contribution in [0.15, 0.2) is 70.3 Å². The zero-order chi connectivity index (χ0) is 32.0. The highest BCUT2D eigenvalue weighted by Crippen LogP contribution is 2.45. The van der Waals surface area contributed by atoms with E-state index in [1.807, 2.05) is 62.7 Å². The predicted molar refractivity (Wildman–Crippen MR) is 165 cm³/mol. The highest BCUT2D eigenvalue weighted by molar-refractivity contribution is 8.00. The van der Waals surface area contributed by atoms with Gasteiger partial charge >= 0.3 is 5.65 Å². The van der Waals surface area contributed by atoms with E-state index in [2.05, 4.69) is 15.1 Å². The molecule has 18 heteroatoms. The number of carboxylic acid groups (broad SMARTS) is 1. The maximum absolute atomic E-state index is 13.2. The van der Waals surface area contributed by atoms with Gasteiger partial charge < -0.3 is 32.3 Å². The van der Waals surface area contributed by atoms with Crippen LogP contribution >= 0.6 is 34.7 Å². The number of benzene rings is 1. The van der Waals surface area contributed by atoms with Crippen LogP contribution in [0.2, 0.25) is 4.34 Å². The van der Waals surface area contributed by atoms with E-state index in [9.17, 15) is 24.7 Å². The molecule has 0 spiro atoms. The molecule has 1 saturated heterocycles. The lowest BCUT2D eigenvalue weighted by Gasteiger charge is -2.50. The number of thioether (sulfide) groups is 1.